The molecule has 2 aromatic carbocycles. The first-order valence-electron chi connectivity index (χ1n) is 7.28. The summed E-state index contributed by atoms with van der Waals surface area (Å²) in [4.78, 5) is 22.8. The van der Waals surface area contributed by atoms with Gasteiger partial charge in [0.1, 0.15) is 6.61 Å². The van der Waals surface area contributed by atoms with Gasteiger partial charge < -0.3 is 20.0 Å². The van der Waals surface area contributed by atoms with Gasteiger partial charge in [-0.05, 0) is 18.1 Å². The van der Waals surface area contributed by atoms with Crippen LogP contribution in [-0.4, -0.2) is 12.1 Å². The van der Waals surface area contributed by atoms with Gasteiger partial charge in [0.25, 0.3) is 0 Å². The molecule has 5 nitrogen and oxygen atoms in total. The highest BCUT2D eigenvalue weighted by molar-refractivity contribution is 5.71. The maximum atomic E-state index is 11.9. The molecule has 0 saturated heterocycles. The van der Waals surface area contributed by atoms with E-state index in [0.29, 0.717) is 5.56 Å². The monoisotopic (exact) mass is 312 g/mol. The minimum Gasteiger partial charge on any atom is -0.550 e. The van der Waals surface area contributed by atoms with Crippen LogP contribution in [0.15, 0.2) is 54.6 Å². The summed E-state index contributed by atoms with van der Waals surface area (Å²) in [6.45, 7) is 2.05. The van der Waals surface area contributed by atoms with Gasteiger partial charge in [0.05, 0.1) is 6.04 Å². The number of hydrogen-bond donors (Lipinski definition) is 1. The number of amides is 1. The molecule has 2 aromatic rings. The van der Waals surface area contributed by atoms with Crippen LogP contribution in [0.25, 0.3) is 0 Å². The standard InChI is InChI=1S/C18H19NO4/c1-13-7-9-15(10-8-13)16(11-17(20)21)19-18(22)23-12-14-5-3-2-4-6-14/h2-10,16H,11-12H2,1H3,(H,19,22)(H,20,21)/p-1/t16-/m0/s1. The first-order valence-corrected chi connectivity index (χ1v) is 7.28. The third-order valence-electron chi connectivity index (χ3n) is 3.36. The van der Waals surface area contributed by atoms with Crippen LogP contribution in [0.5, 0.6) is 0 Å². The normalized spacial score (nSPS) is 11.5. The maximum absolute atomic E-state index is 11.9. The summed E-state index contributed by atoms with van der Waals surface area (Å²) in [6, 6.07) is 15.8. The zero-order chi connectivity index (χ0) is 16.7. The molecule has 0 fully saturated rings. The Kier molecular flexibility index (Phi) is 5.74. The number of aliphatic carboxylic acids is 1. The summed E-state index contributed by atoms with van der Waals surface area (Å²) in [5.41, 5.74) is 2.60. The molecule has 0 heterocycles. The topological polar surface area (TPSA) is 78.5 Å². The van der Waals surface area contributed by atoms with Gasteiger partial charge in [0.2, 0.25) is 0 Å². The summed E-state index contributed by atoms with van der Waals surface area (Å²) >= 11 is 0. The van der Waals surface area contributed by atoms with Gasteiger partial charge in [-0.15, -0.1) is 0 Å². The molecule has 0 bridgehead atoms. The van der Waals surface area contributed by atoms with Crippen molar-refractivity contribution in [3.63, 3.8) is 0 Å². The van der Waals surface area contributed by atoms with Crippen molar-refractivity contribution in [1.82, 2.24) is 5.32 Å². The van der Waals surface area contributed by atoms with Crippen LogP contribution in [0, 0.1) is 6.92 Å². The molecule has 0 aliphatic carbocycles. The van der Waals surface area contributed by atoms with Crippen LogP contribution in [0.1, 0.15) is 29.2 Å². The van der Waals surface area contributed by atoms with E-state index >= 15 is 0 Å². The van der Waals surface area contributed by atoms with Crippen molar-refractivity contribution in [3.05, 3.63) is 71.3 Å². The van der Waals surface area contributed by atoms with E-state index in [1.54, 1.807) is 12.1 Å². The number of carbonyl (C=O) groups is 2. The number of carbonyl (C=O) groups excluding carboxylic acids is 2. The maximum Gasteiger partial charge on any atom is 0.407 e. The van der Waals surface area contributed by atoms with Crippen LogP contribution in [0.2, 0.25) is 0 Å². The third kappa shape index (κ3) is 5.47. The number of carboxylic acid groups (broad SMARTS) is 1. The Bertz CT molecular complexity index is 652. The van der Waals surface area contributed by atoms with Crippen molar-refractivity contribution < 1.29 is 19.4 Å². The first kappa shape index (κ1) is 16.5. The molecule has 1 amide bonds. The van der Waals surface area contributed by atoms with Crippen molar-refractivity contribution in [2.24, 2.45) is 0 Å². The van der Waals surface area contributed by atoms with E-state index in [4.69, 9.17) is 4.74 Å². The molecule has 0 unspecified atom stereocenters. The molecule has 0 spiro atoms. The lowest BCUT2D eigenvalue weighted by Gasteiger charge is -2.19. The van der Waals surface area contributed by atoms with Crippen LogP contribution < -0.4 is 10.4 Å². The fourth-order valence-electron chi connectivity index (χ4n) is 2.12. The second-order valence-corrected chi connectivity index (χ2v) is 5.25. The average Bonchev–Trinajstić information content (AvgIpc) is 2.53. The smallest absolute Gasteiger partial charge is 0.407 e. The Hall–Kier alpha value is -2.82. The molecule has 2 rings (SSSR count). The zero-order valence-corrected chi connectivity index (χ0v) is 12.8. The van der Waals surface area contributed by atoms with Crippen LogP contribution in [0.4, 0.5) is 4.79 Å². The SMILES string of the molecule is Cc1ccc([C@H](CC(=O)[O-])NC(=O)OCc2ccccc2)cc1. The molecular weight excluding hydrogens is 294 g/mol. The Balaban J connectivity index is 1.98. The highest BCUT2D eigenvalue weighted by atomic mass is 16.5. The number of aryl methyl sites for hydroxylation is 1. The fourth-order valence-corrected chi connectivity index (χ4v) is 2.12. The van der Waals surface area contributed by atoms with Gasteiger partial charge in [0, 0.05) is 12.4 Å². The molecule has 0 saturated carbocycles. The predicted molar refractivity (Wildman–Crippen MR) is 83.3 cm³/mol. The van der Waals surface area contributed by atoms with Crippen LogP contribution >= 0.6 is 0 Å². The lowest BCUT2D eigenvalue weighted by molar-refractivity contribution is -0.306. The Morgan fingerprint density at radius 3 is 2.35 bits per heavy atom. The van der Waals surface area contributed by atoms with Crippen molar-refractivity contribution >= 4 is 12.1 Å². The number of carboxylic acids is 1. The average molecular weight is 312 g/mol. The molecule has 0 aromatic heterocycles. The Morgan fingerprint density at radius 2 is 1.74 bits per heavy atom. The quantitative estimate of drug-likeness (QED) is 0.886. The van der Waals surface area contributed by atoms with Crippen molar-refractivity contribution in [3.8, 4) is 0 Å². The van der Waals surface area contributed by atoms with E-state index in [1.165, 1.54) is 0 Å². The summed E-state index contributed by atoms with van der Waals surface area (Å²) in [6.07, 6.45) is -0.982. The molecule has 0 radical (unpaired) electrons. The van der Waals surface area contributed by atoms with Crippen LogP contribution in [0.3, 0.4) is 0 Å². The second kappa shape index (κ2) is 7.98. The number of alkyl carbamates (subject to hydrolysis) is 1. The molecule has 0 aliphatic rings. The van der Waals surface area contributed by atoms with Gasteiger partial charge in [-0.3, -0.25) is 0 Å². The lowest BCUT2D eigenvalue weighted by Crippen LogP contribution is -2.34. The molecule has 120 valence electrons. The zero-order valence-electron chi connectivity index (χ0n) is 12.8. The van der Waals surface area contributed by atoms with Crippen molar-refractivity contribution in [2.45, 2.75) is 26.0 Å². The van der Waals surface area contributed by atoms with E-state index < -0.39 is 18.1 Å². The number of ether oxygens (including phenoxy) is 1. The van der Waals surface area contributed by atoms with Gasteiger partial charge in [0.15, 0.2) is 0 Å². The Labute approximate surface area is 134 Å². The highest BCUT2D eigenvalue weighted by Crippen LogP contribution is 2.17. The number of nitrogens with one attached hydrogen (secondary N) is 1. The van der Waals surface area contributed by atoms with Gasteiger partial charge in [-0.25, -0.2) is 4.79 Å². The van der Waals surface area contributed by atoms with E-state index in [2.05, 4.69) is 5.32 Å². The Morgan fingerprint density at radius 1 is 1.09 bits per heavy atom. The third-order valence-corrected chi connectivity index (χ3v) is 3.36. The van der Waals surface area contributed by atoms with E-state index in [0.717, 1.165) is 11.1 Å². The summed E-state index contributed by atoms with van der Waals surface area (Å²) in [5, 5.41) is 13.5. The first-order chi connectivity index (χ1) is 11.0. The lowest BCUT2D eigenvalue weighted by atomic mass is 10.0. The molecule has 0 aliphatic heterocycles. The number of hydrogen-bond acceptors (Lipinski definition) is 4. The van der Waals surface area contributed by atoms with Gasteiger partial charge in [-0.2, -0.15) is 0 Å². The van der Waals surface area contributed by atoms with E-state index in [-0.39, 0.29) is 13.0 Å². The van der Waals surface area contributed by atoms with E-state index in [1.807, 2.05) is 49.4 Å². The van der Waals surface area contributed by atoms with E-state index in [9.17, 15) is 14.7 Å². The molecular formula is C18H18NO4-. The minimum atomic E-state index is -1.24. The van der Waals surface area contributed by atoms with Gasteiger partial charge >= 0.3 is 6.09 Å². The molecule has 1 N–H and O–H groups in total. The molecule has 23 heavy (non-hydrogen) atoms. The van der Waals surface area contributed by atoms with Gasteiger partial charge in [-0.1, -0.05) is 60.2 Å². The highest BCUT2D eigenvalue weighted by Gasteiger charge is 2.16. The molecule has 1 atom stereocenters. The van der Waals surface area contributed by atoms with Crippen LogP contribution in [-0.2, 0) is 16.1 Å². The summed E-state index contributed by atoms with van der Waals surface area (Å²) in [5.74, 6) is -1.24. The fraction of sp³-hybridized carbons (Fsp3) is 0.222. The largest absolute Gasteiger partial charge is 0.550 e. The van der Waals surface area contributed by atoms with Crippen molar-refractivity contribution in [1.29, 1.82) is 0 Å². The predicted octanol–water partition coefficient (Wildman–Crippen LogP) is 2.10. The summed E-state index contributed by atoms with van der Waals surface area (Å²) < 4.78 is 5.12. The van der Waals surface area contributed by atoms with Crippen molar-refractivity contribution in [2.75, 3.05) is 0 Å². The second-order valence-electron chi connectivity index (χ2n) is 5.25. The number of benzene rings is 2. The number of rotatable bonds is 6. The minimum absolute atomic E-state index is 0.124. The summed E-state index contributed by atoms with van der Waals surface area (Å²) in [7, 11) is 0. The molecule has 5 heteroatoms.